The Labute approximate surface area is 106 Å². The van der Waals surface area contributed by atoms with E-state index >= 15 is 0 Å². The van der Waals surface area contributed by atoms with Gasteiger partial charge < -0.3 is 10.2 Å². The van der Waals surface area contributed by atoms with E-state index in [2.05, 4.69) is 22.2 Å². The van der Waals surface area contributed by atoms with E-state index in [0.717, 1.165) is 23.0 Å². The van der Waals surface area contributed by atoms with Gasteiger partial charge in [0.2, 0.25) is 0 Å². The molecule has 1 saturated heterocycles. The Morgan fingerprint density at radius 1 is 1.59 bits per heavy atom. The van der Waals surface area contributed by atoms with Gasteiger partial charge in [-0.05, 0) is 40.3 Å². The van der Waals surface area contributed by atoms with Gasteiger partial charge in [-0.25, -0.2) is 4.98 Å². The molecule has 1 atom stereocenters. The van der Waals surface area contributed by atoms with Crippen molar-refractivity contribution in [2.24, 2.45) is 0 Å². The van der Waals surface area contributed by atoms with E-state index in [1.165, 1.54) is 12.8 Å². The van der Waals surface area contributed by atoms with E-state index in [0.29, 0.717) is 11.7 Å². The second-order valence-corrected chi connectivity index (χ2v) is 6.03. The molecule has 17 heavy (non-hydrogen) atoms. The smallest absolute Gasteiger partial charge is 0.271 e. The summed E-state index contributed by atoms with van der Waals surface area (Å²) in [6.45, 7) is 5.74. The van der Waals surface area contributed by atoms with Crippen LogP contribution in [-0.2, 0) is 0 Å². The second kappa shape index (κ2) is 5.14. The van der Waals surface area contributed by atoms with Crippen molar-refractivity contribution in [3.05, 3.63) is 15.6 Å². The Morgan fingerprint density at radius 3 is 2.88 bits per heavy atom. The molecule has 0 aliphatic carbocycles. The summed E-state index contributed by atoms with van der Waals surface area (Å²) < 4.78 is 0. The predicted octanol–water partition coefficient (Wildman–Crippen LogP) is 1.58. The van der Waals surface area contributed by atoms with Crippen molar-refractivity contribution in [2.45, 2.75) is 32.7 Å². The first-order valence-electron chi connectivity index (χ1n) is 6.00. The molecular weight excluding hydrogens is 234 g/mol. The quantitative estimate of drug-likeness (QED) is 0.889. The summed E-state index contributed by atoms with van der Waals surface area (Å²) in [5, 5.41) is 3.94. The van der Waals surface area contributed by atoms with Crippen LogP contribution in [0.1, 0.15) is 33.2 Å². The molecule has 4 nitrogen and oxygen atoms in total. The first kappa shape index (κ1) is 12.5. The summed E-state index contributed by atoms with van der Waals surface area (Å²) in [5.74, 6) is -0.0350. The van der Waals surface area contributed by atoms with Crippen molar-refractivity contribution >= 4 is 17.2 Å². The largest absolute Gasteiger partial charge is 0.349 e. The number of rotatable bonds is 3. The number of hydrogen-bond acceptors (Lipinski definition) is 4. The molecule has 0 bridgehead atoms. The summed E-state index contributed by atoms with van der Waals surface area (Å²) in [6.07, 6.45) is 2.40. The molecule has 0 saturated carbocycles. The van der Waals surface area contributed by atoms with Gasteiger partial charge in [-0.15, -0.1) is 11.3 Å². The monoisotopic (exact) mass is 253 g/mol. The molecule has 5 heteroatoms. The van der Waals surface area contributed by atoms with Gasteiger partial charge in [-0.2, -0.15) is 0 Å². The molecule has 0 radical (unpaired) electrons. The molecular formula is C12H19N3OS. The number of carbonyl (C=O) groups is 1. The number of nitrogens with zero attached hydrogens (tertiary/aromatic N) is 2. The van der Waals surface area contributed by atoms with Crippen molar-refractivity contribution in [3.63, 3.8) is 0 Å². The van der Waals surface area contributed by atoms with Crippen LogP contribution >= 0.6 is 11.3 Å². The number of hydrogen-bond donors (Lipinski definition) is 1. The Kier molecular flexibility index (Phi) is 3.79. The maximum absolute atomic E-state index is 12.0. The predicted molar refractivity (Wildman–Crippen MR) is 69.6 cm³/mol. The Balaban J connectivity index is 1.91. The molecule has 1 unspecified atom stereocenters. The summed E-state index contributed by atoms with van der Waals surface area (Å²) in [7, 11) is 2.11. The highest BCUT2D eigenvalue weighted by Gasteiger charge is 2.22. The number of amides is 1. The molecule has 1 aromatic heterocycles. The topological polar surface area (TPSA) is 45.2 Å². The minimum absolute atomic E-state index is 0.0350. The number of aromatic nitrogens is 1. The molecule has 0 spiro atoms. The average Bonchev–Trinajstić information content (AvgIpc) is 2.81. The highest BCUT2D eigenvalue weighted by Crippen LogP contribution is 2.17. The molecule has 2 rings (SSSR count). The molecule has 0 aromatic carbocycles. The van der Waals surface area contributed by atoms with Crippen molar-refractivity contribution in [2.75, 3.05) is 20.1 Å². The van der Waals surface area contributed by atoms with E-state index in [1.54, 1.807) is 11.3 Å². The Hall–Kier alpha value is -0.940. The van der Waals surface area contributed by atoms with E-state index in [9.17, 15) is 4.79 Å². The molecule has 1 N–H and O–H groups in total. The van der Waals surface area contributed by atoms with Gasteiger partial charge in [0.15, 0.2) is 0 Å². The van der Waals surface area contributed by atoms with Crippen LogP contribution in [0, 0.1) is 13.8 Å². The van der Waals surface area contributed by atoms with Crippen LogP contribution in [0.3, 0.4) is 0 Å². The average molecular weight is 253 g/mol. The molecule has 1 fully saturated rings. The van der Waals surface area contributed by atoms with Crippen LogP contribution in [0.5, 0.6) is 0 Å². The third-order valence-corrected chi connectivity index (χ3v) is 4.17. The number of likely N-dealkylation sites (tertiary alicyclic amines) is 1. The van der Waals surface area contributed by atoms with Crippen LogP contribution in [0.25, 0.3) is 0 Å². The van der Waals surface area contributed by atoms with Gasteiger partial charge in [0, 0.05) is 17.5 Å². The molecule has 1 aliphatic rings. The lowest BCUT2D eigenvalue weighted by molar-refractivity contribution is 0.0938. The first-order valence-corrected chi connectivity index (χ1v) is 6.82. The fourth-order valence-electron chi connectivity index (χ4n) is 2.27. The second-order valence-electron chi connectivity index (χ2n) is 4.62. The molecule has 2 heterocycles. The lowest BCUT2D eigenvalue weighted by Gasteiger charge is -2.19. The number of thiazole rings is 1. The van der Waals surface area contributed by atoms with Gasteiger partial charge in [-0.1, -0.05) is 0 Å². The zero-order valence-corrected chi connectivity index (χ0v) is 11.4. The zero-order valence-electron chi connectivity index (χ0n) is 10.6. The molecule has 94 valence electrons. The van der Waals surface area contributed by atoms with Crippen LogP contribution in [-0.4, -0.2) is 42.0 Å². The number of carbonyl (C=O) groups excluding carboxylic acids is 1. The van der Waals surface area contributed by atoms with E-state index in [4.69, 9.17) is 0 Å². The summed E-state index contributed by atoms with van der Waals surface area (Å²) in [5.41, 5.74) is 0.591. The first-order chi connectivity index (χ1) is 8.08. The SMILES string of the molecule is Cc1nc(C(=O)NCC2CCCN2C)c(C)s1. The third-order valence-electron chi connectivity index (χ3n) is 3.29. The molecule has 1 aromatic rings. The van der Waals surface area contributed by atoms with Gasteiger partial charge in [-0.3, -0.25) is 4.79 Å². The maximum atomic E-state index is 12.0. The fourth-order valence-corrected chi connectivity index (χ4v) is 3.09. The summed E-state index contributed by atoms with van der Waals surface area (Å²) in [4.78, 5) is 19.5. The van der Waals surface area contributed by atoms with Gasteiger partial charge in [0.1, 0.15) is 5.69 Å². The molecule has 1 aliphatic heterocycles. The minimum atomic E-state index is -0.0350. The summed E-state index contributed by atoms with van der Waals surface area (Å²) in [6, 6.07) is 0.485. The van der Waals surface area contributed by atoms with Crippen molar-refractivity contribution in [1.82, 2.24) is 15.2 Å². The number of nitrogens with one attached hydrogen (secondary N) is 1. The maximum Gasteiger partial charge on any atom is 0.271 e. The number of aryl methyl sites for hydroxylation is 2. The van der Waals surface area contributed by atoms with Gasteiger partial charge in [0.25, 0.3) is 5.91 Å². The Bertz CT molecular complexity index is 416. The third kappa shape index (κ3) is 2.84. The van der Waals surface area contributed by atoms with E-state index < -0.39 is 0 Å². The fraction of sp³-hybridized carbons (Fsp3) is 0.667. The van der Waals surface area contributed by atoms with Gasteiger partial charge in [0.05, 0.1) is 5.01 Å². The van der Waals surface area contributed by atoms with E-state index in [-0.39, 0.29) is 5.91 Å². The zero-order chi connectivity index (χ0) is 12.4. The van der Waals surface area contributed by atoms with Crippen LogP contribution < -0.4 is 5.32 Å². The van der Waals surface area contributed by atoms with Gasteiger partial charge >= 0.3 is 0 Å². The van der Waals surface area contributed by atoms with Crippen molar-refractivity contribution in [1.29, 1.82) is 0 Å². The standard InChI is InChI=1S/C12H19N3OS/c1-8-11(14-9(2)17-8)12(16)13-7-10-5-4-6-15(10)3/h10H,4-7H2,1-3H3,(H,13,16). The number of likely N-dealkylation sites (N-methyl/N-ethyl adjacent to an activating group) is 1. The lowest BCUT2D eigenvalue weighted by atomic mass is 10.2. The molecule has 1 amide bonds. The normalized spacial score (nSPS) is 20.8. The van der Waals surface area contributed by atoms with E-state index in [1.807, 2.05) is 13.8 Å². The van der Waals surface area contributed by atoms with Crippen molar-refractivity contribution < 1.29 is 4.79 Å². The van der Waals surface area contributed by atoms with Crippen LogP contribution in [0.2, 0.25) is 0 Å². The summed E-state index contributed by atoms with van der Waals surface area (Å²) >= 11 is 1.57. The van der Waals surface area contributed by atoms with Crippen molar-refractivity contribution in [3.8, 4) is 0 Å². The minimum Gasteiger partial charge on any atom is -0.349 e. The Morgan fingerprint density at radius 2 is 2.35 bits per heavy atom. The lowest BCUT2D eigenvalue weighted by Crippen LogP contribution is -2.38. The van der Waals surface area contributed by atoms with Crippen LogP contribution in [0.4, 0.5) is 0 Å². The van der Waals surface area contributed by atoms with Crippen LogP contribution in [0.15, 0.2) is 0 Å². The highest BCUT2D eigenvalue weighted by atomic mass is 32.1. The highest BCUT2D eigenvalue weighted by molar-refractivity contribution is 7.11.